The monoisotopic (exact) mass is 175 g/mol. The molecule has 2 aliphatic heterocycles. The molecule has 0 aromatic carbocycles. The second kappa shape index (κ2) is 3.17. The number of fused-ring (bicyclic) bond motifs is 1. The topological polar surface area (TPSA) is 28.0 Å². The van der Waals surface area contributed by atoms with Crippen LogP contribution in [-0.2, 0) is 0 Å². The van der Waals surface area contributed by atoms with Crippen molar-refractivity contribution in [1.29, 1.82) is 0 Å². The lowest BCUT2D eigenvalue weighted by Gasteiger charge is -2.14. The molecule has 2 aliphatic rings. The van der Waals surface area contributed by atoms with Crippen molar-refractivity contribution < 1.29 is 0 Å². The van der Waals surface area contributed by atoms with E-state index < -0.39 is 0 Å². The number of hydrogen-bond acceptors (Lipinski definition) is 3. The first-order valence-corrected chi connectivity index (χ1v) is 4.43. The molecule has 2 rings (SSSR count). The fraction of sp³-hybridized carbons (Fsp3) is 0.400. The second-order valence-corrected chi connectivity index (χ2v) is 3.45. The zero-order valence-corrected chi connectivity index (χ0v) is 7.94. The Bertz CT molecular complexity index is 323. The van der Waals surface area contributed by atoms with Crippen LogP contribution >= 0.6 is 0 Å². The van der Waals surface area contributed by atoms with E-state index in [9.17, 15) is 0 Å². The Hall–Kier alpha value is -1.38. The molecule has 0 aromatic rings. The Morgan fingerprint density at radius 3 is 3.15 bits per heavy atom. The molecule has 0 radical (unpaired) electrons. The van der Waals surface area contributed by atoms with Crippen LogP contribution in [0, 0.1) is 0 Å². The van der Waals surface area contributed by atoms with E-state index in [2.05, 4.69) is 21.0 Å². The van der Waals surface area contributed by atoms with Gasteiger partial charge < -0.3 is 4.90 Å². The summed E-state index contributed by atoms with van der Waals surface area (Å²) in [6.07, 6.45) is 7.97. The molecular formula is C10H13N3. The minimum absolute atomic E-state index is 0.248. The zero-order valence-electron chi connectivity index (χ0n) is 7.94. The van der Waals surface area contributed by atoms with E-state index >= 15 is 0 Å². The van der Waals surface area contributed by atoms with Gasteiger partial charge in [-0.3, -0.25) is 4.99 Å². The van der Waals surface area contributed by atoms with Crippen LogP contribution in [0.25, 0.3) is 0 Å². The first-order valence-electron chi connectivity index (χ1n) is 4.43. The molecule has 3 heteroatoms. The summed E-state index contributed by atoms with van der Waals surface area (Å²) >= 11 is 0. The van der Waals surface area contributed by atoms with Gasteiger partial charge in [0.15, 0.2) is 0 Å². The quantitative estimate of drug-likeness (QED) is 0.544. The van der Waals surface area contributed by atoms with E-state index in [0.717, 1.165) is 18.0 Å². The van der Waals surface area contributed by atoms with Gasteiger partial charge in [0.2, 0.25) is 0 Å². The molecule has 3 nitrogen and oxygen atoms in total. The van der Waals surface area contributed by atoms with Gasteiger partial charge in [-0.05, 0) is 25.2 Å². The van der Waals surface area contributed by atoms with Crippen LogP contribution in [0.3, 0.4) is 0 Å². The van der Waals surface area contributed by atoms with E-state index in [1.165, 1.54) is 0 Å². The maximum atomic E-state index is 4.54. The first-order chi connectivity index (χ1) is 6.24. The summed E-state index contributed by atoms with van der Waals surface area (Å²) in [7, 11) is 2.02. The predicted molar refractivity (Wildman–Crippen MR) is 55.2 cm³/mol. The maximum Gasteiger partial charge on any atom is 0.0910 e. The smallest absolute Gasteiger partial charge is 0.0910 e. The van der Waals surface area contributed by atoms with Crippen LogP contribution in [0.2, 0.25) is 0 Å². The van der Waals surface area contributed by atoms with E-state index in [0.29, 0.717) is 0 Å². The summed E-state index contributed by atoms with van der Waals surface area (Å²) in [5, 5.41) is 0. The Morgan fingerprint density at radius 2 is 2.31 bits per heavy atom. The van der Waals surface area contributed by atoms with Crippen LogP contribution in [0.1, 0.15) is 6.92 Å². The van der Waals surface area contributed by atoms with Crippen LogP contribution in [0.15, 0.2) is 33.9 Å². The van der Waals surface area contributed by atoms with E-state index in [1.807, 2.05) is 32.5 Å². The summed E-state index contributed by atoms with van der Waals surface area (Å²) < 4.78 is 0. The molecule has 0 saturated carbocycles. The van der Waals surface area contributed by atoms with Crippen molar-refractivity contribution in [2.24, 2.45) is 9.98 Å². The molecule has 68 valence electrons. The highest BCUT2D eigenvalue weighted by Crippen LogP contribution is 2.12. The maximum absolute atomic E-state index is 4.54. The number of rotatable bonds is 0. The number of aliphatic imine (C=N–C) groups is 2. The molecule has 0 aliphatic carbocycles. The van der Waals surface area contributed by atoms with Crippen LogP contribution in [0.4, 0.5) is 0 Å². The Balaban J connectivity index is 2.34. The third-order valence-corrected chi connectivity index (χ3v) is 2.11. The predicted octanol–water partition coefficient (Wildman–Crippen LogP) is 1.24. The first kappa shape index (κ1) is 8.23. The standard InChI is InChI=1S/C10H13N3/c1-8-3-4-9-5-10(12-8)6-13(2)7-11-9/h3-5,7,10H,6H2,1-2H3. The van der Waals surface area contributed by atoms with Crippen molar-refractivity contribution in [3.8, 4) is 0 Å². The van der Waals surface area contributed by atoms with E-state index in [4.69, 9.17) is 0 Å². The van der Waals surface area contributed by atoms with E-state index in [-0.39, 0.29) is 6.04 Å². The van der Waals surface area contributed by atoms with Gasteiger partial charge in [0.05, 0.1) is 18.1 Å². The Labute approximate surface area is 78.2 Å². The number of nitrogens with zero attached hydrogens (tertiary/aromatic N) is 3. The lowest BCUT2D eigenvalue weighted by atomic mass is 10.2. The lowest BCUT2D eigenvalue weighted by Crippen LogP contribution is -2.25. The summed E-state index contributed by atoms with van der Waals surface area (Å²) in [5.41, 5.74) is 2.08. The SMILES string of the molecule is CC1=NC2C=C(C=C1)N=CN(C)C2. The number of allylic oxidation sites excluding steroid dienone is 2. The van der Waals surface area contributed by atoms with Crippen LogP contribution in [-0.4, -0.2) is 36.6 Å². The van der Waals surface area contributed by atoms with Gasteiger partial charge in [0.1, 0.15) is 0 Å². The molecule has 0 saturated heterocycles. The number of likely N-dealkylation sites (N-methyl/N-ethyl adjacent to an activating group) is 1. The third-order valence-electron chi connectivity index (χ3n) is 2.11. The van der Waals surface area contributed by atoms with Crippen molar-refractivity contribution in [2.75, 3.05) is 13.6 Å². The van der Waals surface area contributed by atoms with Gasteiger partial charge in [-0.1, -0.05) is 0 Å². The van der Waals surface area contributed by atoms with Crippen molar-refractivity contribution in [1.82, 2.24) is 4.90 Å². The molecule has 2 bridgehead atoms. The number of hydrogen-bond donors (Lipinski definition) is 0. The highest BCUT2D eigenvalue weighted by Gasteiger charge is 2.12. The normalized spacial score (nSPS) is 26.3. The Morgan fingerprint density at radius 1 is 1.46 bits per heavy atom. The Kier molecular flexibility index (Phi) is 2.00. The fourth-order valence-electron chi connectivity index (χ4n) is 1.49. The second-order valence-electron chi connectivity index (χ2n) is 3.45. The van der Waals surface area contributed by atoms with Gasteiger partial charge in [-0.15, -0.1) is 0 Å². The molecule has 1 unspecified atom stereocenters. The molecule has 0 aromatic heterocycles. The van der Waals surface area contributed by atoms with Gasteiger partial charge in [-0.2, -0.15) is 0 Å². The summed E-state index contributed by atoms with van der Waals surface area (Å²) in [6.45, 7) is 2.93. The molecule has 1 atom stereocenters. The lowest BCUT2D eigenvalue weighted by molar-refractivity contribution is 0.499. The minimum atomic E-state index is 0.248. The third kappa shape index (κ3) is 1.86. The summed E-state index contributed by atoms with van der Waals surface area (Å²) in [5.74, 6) is 0. The highest BCUT2D eigenvalue weighted by molar-refractivity contribution is 5.93. The zero-order chi connectivity index (χ0) is 9.26. The van der Waals surface area contributed by atoms with Crippen molar-refractivity contribution >= 4 is 12.1 Å². The van der Waals surface area contributed by atoms with Crippen LogP contribution < -0.4 is 0 Å². The average Bonchev–Trinajstić information content (AvgIpc) is 2.33. The summed E-state index contributed by atoms with van der Waals surface area (Å²) in [6, 6.07) is 0.248. The van der Waals surface area contributed by atoms with Gasteiger partial charge in [0.25, 0.3) is 0 Å². The van der Waals surface area contributed by atoms with Crippen molar-refractivity contribution in [3.63, 3.8) is 0 Å². The average molecular weight is 175 g/mol. The fourth-order valence-corrected chi connectivity index (χ4v) is 1.49. The van der Waals surface area contributed by atoms with E-state index in [1.54, 1.807) is 0 Å². The van der Waals surface area contributed by atoms with Gasteiger partial charge >= 0.3 is 0 Å². The molecule has 0 spiro atoms. The van der Waals surface area contributed by atoms with Crippen molar-refractivity contribution in [3.05, 3.63) is 23.9 Å². The molecule has 0 N–H and O–H groups in total. The molecule has 0 amide bonds. The van der Waals surface area contributed by atoms with Gasteiger partial charge in [-0.25, -0.2) is 4.99 Å². The highest BCUT2D eigenvalue weighted by atomic mass is 15.1. The molecule has 13 heavy (non-hydrogen) atoms. The molecule has 0 fully saturated rings. The minimum Gasteiger partial charge on any atom is -0.363 e. The molecule has 2 heterocycles. The van der Waals surface area contributed by atoms with Crippen LogP contribution in [0.5, 0.6) is 0 Å². The van der Waals surface area contributed by atoms with Gasteiger partial charge in [0, 0.05) is 19.3 Å². The largest absolute Gasteiger partial charge is 0.363 e. The van der Waals surface area contributed by atoms with Crippen molar-refractivity contribution in [2.45, 2.75) is 13.0 Å². The summed E-state index contributed by atoms with van der Waals surface area (Å²) in [4.78, 5) is 10.9. The molecular weight excluding hydrogens is 162 g/mol.